The molecule has 6 heteroatoms. The summed E-state index contributed by atoms with van der Waals surface area (Å²) in [5.41, 5.74) is 5.60. The van der Waals surface area contributed by atoms with Crippen molar-refractivity contribution >= 4 is 27.1 Å². The van der Waals surface area contributed by atoms with E-state index in [4.69, 9.17) is 22.4 Å². The van der Waals surface area contributed by atoms with Crippen molar-refractivity contribution in [1.29, 1.82) is 0 Å². The van der Waals surface area contributed by atoms with Crippen LogP contribution in [0.25, 0.3) is 0 Å². The van der Waals surface area contributed by atoms with Crippen molar-refractivity contribution < 1.29 is 13.5 Å². The van der Waals surface area contributed by atoms with Crippen LogP contribution in [-0.4, -0.2) is 25.9 Å². The lowest BCUT2D eigenvalue weighted by Gasteiger charge is -2.05. The molecule has 14 heavy (non-hydrogen) atoms. The molecule has 0 amide bonds. The number of aliphatic hydroxyl groups excluding tert-OH is 1. The van der Waals surface area contributed by atoms with Crippen LogP contribution in [0, 0.1) is 0 Å². The minimum absolute atomic E-state index is 0.0101. The molecule has 0 unspecified atom stereocenters. The average Bonchev–Trinajstić information content (AvgIpc) is 2.02. The molecule has 3 N–H and O–H groups in total. The van der Waals surface area contributed by atoms with Gasteiger partial charge in [0.2, 0.25) is 0 Å². The zero-order valence-electron chi connectivity index (χ0n) is 7.27. The number of benzene rings is 1. The molecule has 0 atom stereocenters. The van der Waals surface area contributed by atoms with E-state index in [0.717, 1.165) is 0 Å². The average molecular weight is 236 g/mol. The third-order valence-electron chi connectivity index (χ3n) is 1.67. The third-order valence-corrected chi connectivity index (χ3v) is 3.66. The van der Waals surface area contributed by atoms with E-state index in [-0.39, 0.29) is 16.3 Å². The summed E-state index contributed by atoms with van der Waals surface area (Å²) < 4.78 is 23.0. The molecule has 0 heterocycles. The van der Waals surface area contributed by atoms with Crippen LogP contribution in [-0.2, 0) is 9.84 Å². The summed E-state index contributed by atoms with van der Waals surface area (Å²) in [4.78, 5) is 0.0101. The van der Waals surface area contributed by atoms with Gasteiger partial charge < -0.3 is 10.8 Å². The van der Waals surface area contributed by atoms with Crippen LogP contribution >= 0.6 is 11.6 Å². The molecule has 0 saturated heterocycles. The lowest BCUT2D eigenvalue weighted by molar-refractivity contribution is 0.319. The third kappa shape index (κ3) is 2.37. The highest BCUT2D eigenvalue weighted by Crippen LogP contribution is 2.23. The van der Waals surface area contributed by atoms with Gasteiger partial charge in [-0.05, 0) is 18.2 Å². The number of anilines is 1. The van der Waals surface area contributed by atoms with Crippen molar-refractivity contribution in [2.24, 2.45) is 0 Å². The number of hydrogen-bond donors (Lipinski definition) is 2. The van der Waals surface area contributed by atoms with Crippen molar-refractivity contribution in [2.45, 2.75) is 4.90 Å². The molecular weight excluding hydrogens is 226 g/mol. The van der Waals surface area contributed by atoms with E-state index in [9.17, 15) is 8.42 Å². The van der Waals surface area contributed by atoms with Gasteiger partial charge in [0, 0.05) is 5.02 Å². The largest absolute Gasteiger partial charge is 0.398 e. The van der Waals surface area contributed by atoms with Crippen LogP contribution in [0.2, 0.25) is 5.02 Å². The summed E-state index contributed by atoms with van der Waals surface area (Å²) in [7, 11) is -3.49. The second-order valence-corrected chi connectivity index (χ2v) is 5.24. The zero-order chi connectivity index (χ0) is 10.8. The Kier molecular flexibility index (Phi) is 3.36. The molecule has 0 aliphatic rings. The quantitative estimate of drug-likeness (QED) is 0.756. The maximum atomic E-state index is 11.5. The zero-order valence-corrected chi connectivity index (χ0v) is 8.85. The summed E-state index contributed by atoms with van der Waals surface area (Å²) in [6, 6.07) is 4.15. The Labute approximate surface area is 87.2 Å². The number of rotatable bonds is 3. The summed E-state index contributed by atoms with van der Waals surface area (Å²) in [5, 5.41) is 8.94. The van der Waals surface area contributed by atoms with E-state index in [1.807, 2.05) is 0 Å². The first kappa shape index (κ1) is 11.3. The first-order chi connectivity index (χ1) is 6.47. The molecule has 78 valence electrons. The highest BCUT2D eigenvalue weighted by atomic mass is 35.5. The van der Waals surface area contributed by atoms with E-state index in [0.29, 0.717) is 5.02 Å². The van der Waals surface area contributed by atoms with Gasteiger partial charge in [-0.1, -0.05) is 11.6 Å². The number of hydrogen-bond acceptors (Lipinski definition) is 4. The summed E-state index contributed by atoms with van der Waals surface area (Å²) in [6.07, 6.45) is 0. The summed E-state index contributed by atoms with van der Waals surface area (Å²) >= 11 is 5.62. The van der Waals surface area contributed by atoms with Gasteiger partial charge in [0.1, 0.15) is 0 Å². The molecule has 0 aliphatic carbocycles. The molecule has 0 spiro atoms. The number of aliphatic hydroxyl groups is 1. The first-order valence-electron chi connectivity index (χ1n) is 3.86. The van der Waals surface area contributed by atoms with Crippen molar-refractivity contribution in [2.75, 3.05) is 18.1 Å². The number of nitrogen functional groups attached to an aromatic ring is 1. The van der Waals surface area contributed by atoms with Crippen LogP contribution in [0.15, 0.2) is 23.1 Å². The van der Waals surface area contributed by atoms with Crippen molar-refractivity contribution in [3.05, 3.63) is 23.2 Å². The first-order valence-corrected chi connectivity index (χ1v) is 5.89. The Balaban J connectivity index is 3.20. The SMILES string of the molecule is Nc1cc(Cl)ccc1S(=O)(=O)CCO. The van der Waals surface area contributed by atoms with Crippen LogP contribution in [0.5, 0.6) is 0 Å². The van der Waals surface area contributed by atoms with E-state index >= 15 is 0 Å². The van der Waals surface area contributed by atoms with Crippen molar-refractivity contribution in [3.8, 4) is 0 Å². The topological polar surface area (TPSA) is 80.4 Å². The number of nitrogens with two attached hydrogens (primary N) is 1. The van der Waals surface area contributed by atoms with Crippen LogP contribution in [0.3, 0.4) is 0 Å². The maximum absolute atomic E-state index is 11.5. The van der Waals surface area contributed by atoms with Gasteiger partial charge in [0.15, 0.2) is 9.84 Å². The fraction of sp³-hybridized carbons (Fsp3) is 0.250. The minimum atomic E-state index is -3.49. The molecule has 0 aromatic heterocycles. The van der Waals surface area contributed by atoms with Gasteiger partial charge in [0.25, 0.3) is 0 Å². The minimum Gasteiger partial charge on any atom is -0.398 e. The smallest absolute Gasteiger partial charge is 0.182 e. The fourth-order valence-corrected chi connectivity index (χ4v) is 2.37. The van der Waals surface area contributed by atoms with E-state index < -0.39 is 16.4 Å². The van der Waals surface area contributed by atoms with Crippen molar-refractivity contribution in [1.82, 2.24) is 0 Å². The Morgan fingerprint density at radius 1 is 1.43 bits per heavy atom. The van der Waals surface area contributed by atoms with Gasteiger partial charge in [-0.15, -0.1) is 0 Å². The summed E-state index contributed by atoms with van der Waals surface area (Å²) in [5.74, 6) is -0.334. The normalized spacial score (nSPS) is 11.6. The molecule has 0 aliphatic heterocycles. The Morgan fingerprint density at radius 3 is 2.57 bits per heavy atom. The number of sulfone groups is 1. The molecule has 0 fully saturated rings. The van der Waals surface area contributed by atoms with Crippen LogP contribution < -0.4 is 5.73 Å². The lowest BCUT2D eigenvalue weighted by atomic mass is 10.3. The van der Waals surface area contributed by atoms with Crippen LogP contribution in [0.1, 0.15) is 0 Å². The van der Waals surface area contributed by atoms with Gasteiger partial charge in [-0.2, -0.15) is 0 Å². The van der Waals surface area contributed by atoms with Gasteiger partial charge in [-0.3, -0.25) is 0 Å². The molecule has 0 radical (unpaired) electrons. The maximum Gasteiger partial charge on any atom is 0.182 e. The van der Waals surface area contributed by atoms with Gasteiger partial charge in [0.05, 0.1) is 22.9 Å². The van der Waals surface area contributed by atoms with E-state index in [1.165, 1.54) is 18.2 Å². The monoisotopic (exact) mass is 235 g/mol. The Hall–Kier alpha value is -0.780. The van der Waals surface area contributed by atoms with Crippen molar-refractivity contribution in [3.63, 3.8) is 0 Å². The Bertz CT molecular complexity index is 430. The molecule has 4 nitrogen and oxygen atoms in total. The molecule has 0 bridgehead atoms. The Morgan fingerprint density at radius 2 is 2.07 bits per heavy atom. The van der Waals surface area contributed by atoms with E-state index in [1.54, 1.807) is 0 Å². The molecule has 1 aromatic rings. The fourth-order valence-electron chi connectivity index (χ4n) is 1.03. The van der Waals surface area contributed by atoms with Gasteiger partial charge >= 0.3 is 0 Å². The highest BCUT2D eigenvalue weighted by Gasteiger charge is 2.16. The standard InChI is InChI=1S/C8H10ClNO3S/c9-6-1-2-8(7(10)5-6)14(12,13)4-3-11/h1-2,5,11H,3-4,10H2. The number of halogens is 1. The predicted octanol–water partition coefficient (Wildman–Crippen LogP) is 0.688. The molecule has 1 aromatic carbocycles. The summed E-state index contributed by atoms with van der Waals surface area (Å²) in [6.45, 7) is -0.426. The second-order valence-electron chi connectivity index (χ2n) is 2.72. The molecule has 1 rings (SSSR count). The lowest BCUT2D eigenvalue weighted by Crippen LogP contribution is -2.12. The van der Waals surface area contributed by atoms with E-state index in [2.05, 4.69) is 0 Å². The highest BCUT2D eigenvalue weighted by molar-refractivity contribution is 7.91. The second kappa shape index (κ2) is 4.16. The predicted molar refractivity (Wildman–Crippen MR) is 55.0 cm³/mol. The van der Waals surface area contributed by atoms with Crippen LogP contribution in [0.4, 0.5) is 5.69 Å². The van der Waals surface area contributed by atoms with Gasteiger partial charge in [-0.25, -0.2) is 8.42 Å². The molecule has 0 saturated carbocycles. The molecular formula is C8H10ClNO3S.